The maximum absolute atomic E-state index is 10.9. The molecular formula is C11H22N2O3. The van der Waals surface area contributed by atoms with Crippen LogP contribution in [0.4, 0.5) is 0 Å². The number of nitrogens with one attached hydrogen (secondary N) is 1. The predicted octanol–water partition coefficient (Wildman–Crippen LogP) is 0.160. The fourth-order valence-corrected chi connectivity index (χ4v) is 1.94. The molecule has 1 fully saturated rings. The van der Waals surface area contributed by atoms with Crippen LogP contribution in [0.3, 0.4) is 0 Å². The molecule has 2 unspecified atom stereocenters. The standard InChI is InChI=1S/C11H22N2O3/c1-3-12-10(11(14)15)4-6-13(2)9-5-7-16-8-9/h9-10,12H,3-8H2,1-2H3,(H,14,15). The van der Waals surface area contributed by atoms with Gasteiger partial charge in [-0.3, -0.25) is 4.79 Å². The first-order valence-corrected chi connectivity index (χ1v) is 5.89. The number of rotatable bonds is 7. The number of hydrogen-bond acceptors (Lipinski definition) is 4. The minimum Gasteiger partial charge on any atom is -0.480 e. The van der Waals surface area contributed by atoms with Gasteiger partial charge >= 0.3 is 5.97 Å². The highest BCUT2D eigenvalue weighted by Crippen LogP contribution is 2.11. The highest BCUT2D eigenvalue weighted by molar-refractivity contribution is 5.73. The van der Waals surface area contributed by atoms with Crippen molar-refractivity contribution in [2.45, 2.75) is 31.8 Å². The maximum Gasteiger partial charge on any atom is 0.320 e. The largest absolute Gasteiger partial charge is 0.480 e. The molecule has 0 aliphatic carbocycles. The van der Waals surface area contributed by atoms with Crippen LogP contribution < -0.4 is 5.32 Å². The molecular weight excluding hydrogens is 208 g/mol. The van der Waals surface area contributed by atoms with Crippen LogP contribution in [0.5, 0.6) is 0 Å². The van der Waals surface area contributed by atoms with Gasteiger partial charge in [-0.2, -0.15) is 0 Å². The zero-order valence-corrected chi connectivity index (χ0v) is 10.1. The fraction of sp³-hybridized carbons (Fsp3) is 0.909. The molecule has 0 spiro atoms. The third-order valence-electron chi connectivity index (χ3n) is 3.05. The molecule has 1 aliphatic heterocycles. The molecule has 1 saturated heterocycles. The molecule has 5 nitrogen and oxygen atoms in total. The average molecular weight is 230 g/mol. The summed E-state index contributed by atoms with van der Waals surface area (Å²) in [5.74, 6) is -0.766. The van der Waals surface area contributed by atoms with Gasteiger partial charge in [0, 0.05) is 19.2 Å². The molecule has 1 heterocycles. The van der Waals surface area contributed by atoms with E-state index in [9.17, 15) is 4.79 Å². The topological polar surface area (TPSA) is 61.8 Å². The number of likely N-dealkylation sites (N-methyl/N-ethyl adjacent to an activating group) is 2. The van der Waals surface area contributed by atoms with E-state index < -0.39 is 12.0 Å². The van der Waals surface area contributed by atoms with Gasteiger partial charge in [0.2, 0.25) is 0 Å². The second kappa shape index (κ2) is 6.83. The van der Waals surface area contributed by atoms with Crippen molar-refractivity contribution in [1.82, 2.24) is 10.2 Å². The van der Waals surface area contributed by atoms with E-state index in [1.54, 1.807) is 0 Å². The lowest BCUT2D eigenvalue weighted by molar-refractivity contribution is -0.139. The van der Waals surface area contributed by atoms with E-state index in [1.165, 1.54) is 0 Å². The summed E-state index contributed by atoms with van der Waals surface area (Å²) in [5.41, 5.74) is 0. The summed E-state index contributed by atoms with van der Waals surface area (Å²) in [4.78, 5) is 13.1. The van der Waals surface area contributed by atoms with Crippen molar-refractivity contribution in [2.24, 2.45) is 0 Å². The summed E-state index contributed by atoms with van der Waals surface area (Å²) in [6, 6.07) is 0.0193. The van der Waals surface area contributed by atoms with Crippen LogP contribution >= 0.6 is 0 Å². The van der Waals surface area contributed by atoms with Crippen molar-refractivity contribution in [2.75, 3.05) is 33.4 Å². The smallest absolute Gasteiger partial charge is 0.320 e. The van der Waals surface area contributed by atoms with E-state index in [0.29, 0.717) is 19.0 Å². The molecule has 0 bridgehead atoms. The van der Waals surface area contributed by atoms with Crippen molar-refractivity contribution < 1.29 is 14.6 Å². The Hall–Kier alpha value is -0.650. The molecule has 5 heteroatoms. The van der Waals surface area contributed by atoms with Gasteiger partial charge in [0.05, 0.1) is 6.61 Å². The van der Waals surface area contributed by atoms with E-state index in [0.717, 1.165) is 26.2 Å². The van der Waals surface area contributed by atoms with Gasteiger partial charge < -0.3 is 20.1 Å². The quantitative estimate of drug-likeness (QED) is 0.652. The van der Waals surface area contributed by atoms with Crippen LogP contribution in [-0.4, -0.2) is 61.4 Å². The fourth-order valence-electron chi connectivity index (χ4n) is 1.94. The normalized spacial score (nSPS) is 22.6. The third kappa shape index (κ3) is 4.08. The lowest BCUT2D eigenvalue weighted by atomic mass is 10.1. The van der Waals surface area contributed by atoms with Crippen molar-refractivity contribution >= 4 is 5.97 Å². The van der Waals surface area contributed by atoms with Crippen LogP contribution in [-0.2, 0) is 9.53 Å². The summed E-state index contributed by atoms with van der Waals surface area (Å²) in [6.07, 6.45) is 1.69. The summed E-state index contributed by atoms with van der Waals surface area (Å²) in [7, 11) is 2.03. The molecule has 0 amide bonds. The van der Waals surface area contributed by atoms with Gasteiger partial charge in [0.25, 0.3) is 0 Å². The molecule has 2 atom stereocenters. The van der Waals surface area contributed by atoms with Gasteiger partial charge in [-0.1, -0.05) is 6.92 Å². The molecule has 1 rings (SSSR count). The molecule has 0 saturated carbocycles. The van der Waals surface area contributed by atoms with Crippen LogP contribution in [0.25, 0.3) is 0 Å². The first-order chi connectivity index (χ1) is 7.65. The van der Waals surface area contributed by atoms with Crippen molar-refractivity contribution in [3.63, 3.8) is 0 Å². The molecule has 16 heavy (non-hydrogen) atoms. The molecule has 0 radical (unpaired) electrons. The second-order valence-corrected chi connectivity index (χ2v) is 4.24. The number of carboxylic acid groups (broad SMARTS) is 1. The molecule has 0 aromatic carbocycles. The van der Waals surface area contributed by atoms with Gasteiger partial charge in [-0.05, 0) is 26.4 Å². The highest BCUT2D eigenvalue weighted by Gasteiger charge is 2.22. The Kier molecular flexibility index (Phi) is 5.73. The number of ether oxygens (including phenoxy) is 1. The maximum atomic E-state index is 10.9. The number of carbonyl (C=O) groups is 1. The summed E-state index contributed by atoms with van der Waals surface area (Å²) >= 11 is 0. The van der Waals surface area contributed by atoms with Crippen molar-refractivity contribution in [1.29, 1.82) is 0 Å². The number of hydrogen-bond donors (Lipinski definition) is 2. The number of nitrogens with zero attached hydrogens (tertiary/aromatic N) is 1. The zero-order chi connectivity index (χ0) is 12.0. The Morgan fingerprint density at radius 2 is 2.44 bits per heavy atom. The van der Waals surface area contributed by atoms with Crippen molar-refractivity contribution in [3.05, 3.63) is 0 Å². The van der Waals surface area contributed by atoms with Gasteiger partial charge in [-0.15, -0.1) is 0 Å². The SMILES string of the molecule is CCNC(CCN(C)C1CCOC1)C(=O)O. The second-order valence-electron chi connectivity index (χ2n) is 4.24. The number of carboxylic acids is 1. The van der Waals surface area contributed by atoms with Crippen LogP contribution in [0, 0.1) is 0 Å². The van der Waals surface area contributed by atoms with E-state index in [1.807, 2.05) is 14.0 Å². The van der Waals surface area contributed by atoms with Crippen LogP contribution in [0.1, 0.15) is 19.8 Å². The molecule has 94 valence electrons. The first kappa shape index (κ1) is 13.4. The predicted molar refractivity (Wildman–Crippen MR) is 61.6 cm³/mol. The third-order valence-corrected chi connectivity index (χ3v) is 3.05. The van der Waals surface area contributed by atoms with Gasteiger partial charge in [0.15, 0.2) is 0 Å². The van der Waals surface area contributed by atoms with E-state index in [-0.39, 0.29) is 0 Å². The summed E-state index contributed by atoms with van der Waals surface area (Å²) in [5, 5.41) is 11.9. The zero-order valence-electron chi connectivity index (χ0n) is 10.1. The lowest BCUT2D eigenvalue weighted by Crippen LogP contribution is -2.41. The average Bonchev–Trinajstić information content (AvgIpc) is 2.76. The lowest BCUT2D eigenvalue weighted by Gasteiger charge is -2.24. The summed E-state index contributed by atoms with van der Waals surface area (Å²) < 4.78 is 5.31. The Bertz CT molecular complexity index is 217. The summed E-state index contributed by atoms with van der Waals surface area (Å²) in [6.45, 7) is 5.00. The van der Waals surface area contributed by atoms with E-state index in [2.05, 4.69) is 10.2 Å². The monoisotopic (exact) mass is 230 g/mol. The molecule has 1 aliphatic rings. The minimum absolute atomic E-state index is 0.435. The van der Waals surface area contributed by atoms with Crippen LogP contribution in [0.2, 0.25) is 0 Å². The Morgan fingerprint density at radius 1 is 1.69 bits per heavy atom. The molecule has 0 aromatic rings. The first-order valence-electron chi connectivity index (χ1n) is 5.89. The highest BCUT2D eigenvalue weighted by atomic mass is 16.5. The minimum atomic E-state index is -0.766. The Morgan fingerprint density at radius 3 is 2.94 bits per heavy atom. The van der Waals surface area contributed by atoms with Crippen LogP contribution in [0.15, 0.2) is 0 Å². The van der Waals surface area contributed by atoms with E-state index in [4.69, 9.17) is 9.84 Å². The van der Waals surface area contributed by atoms with Crippen molar-refractivity contribution in [3.8, 4) is 0 Å². The van der Waals surface area contributed by atoms with Gasteiger partial charge in [0.1, 0.15) is 6.04 Å². The Balaban J connectivity index is 2.27. The van der Waals surface area contributed by atoms with Gasteiger partial charge in [-0.25, -0.2) is 0 Å². The van der Waals surface area contributed by atoms with E-state index >= 15 is 0 Å². The Labute approximate surface area is 96.8 Å². The molecule has 2 N–H and O–H groups in total. The number of aliphatic carboxylic acids is 1. The molecule has 0 aromatic heterocycles.